The van der Waals surface area contributed by atoms with Crippen LogP contribution in [0.1, 0.15) is 48.0 Å². The second-order valence-corrected chi connectivity index (χ2v) is 8.12. The molecule has 6 heteroatoms. The van der Waals surface area contributed by atoms with E-state index in [-0.39, 0.29) is 11.8 Å². The van der Waals surface area contributed by atoms with E-state index < -0.39 is 11.5 Å². The Balaban J connectivity index is 2.52. The Morgan fingerprint density at radius 1 is 1.12 bits per heavy atom. The first-order valence-corrected chi connectivity index (χ1v) is 9.01. The van der Waals surface area contributed by atoms with Crippen LogP contribution in [0.5, 0.6) is 0 Å². The molecule has 1 fully saturated rings. The van der Waals surface area contributed by atoms with Crippen molar-refractivity contribution >= 4 is 11.8 Å². The van der Waals surface area contributed by atoms with Crippen LogP contribution in [-0.4, -0.2) is 61.6 Å². The van der Waals surface area contributed by atoms with E-state index in [4.69, 9.17) is 4.74 Å². The lowest BCUT2D eigenvalue weighted by atomic mass is 9.95. The second-order valence-electron chi connectivity index (χ2n) is 8.12. The molecule has 2 N–H and O–H groups in total. The Kier molecular flexibility index (Phi) is 8.16. The van der Waals surface area contributed by atoms with Crippen LogP contribution in [0.25, 0.3) is 0 Å². The molecule has 0 aromatic heterocycles. The van der Waals surface area contributed by atoms with Crippen LogP contribution in [-0.2, 0) is 14.3 Å². The first kappa shape index (κ1) is 20.9. The first-order valence-electron chi connectivity index (χ1n) is 9.01. The predicted octanol–water partition coefficient (Wildman–Crippen LogP) is 1.40. The second kappa shape index (κ2) is 9.37. The Morgan fingerprint density at radius 3 is 2.21 bits per heavy atom. The lowest BCUT2D eigenvalue weighted by molar-refractivity contribution is -0.133. The molecule has 1 aliphatic heterocycles. The molecule has 0 aromatic carbocycles. The molecule has 24 heavy (non-hydrogen) atoms. The van der Waals surface area contributed by atoms with Crippen LogP contribution in [0, 0.1) is 11.3 Å². The molecule has 0 aromatic rings. The molecule has 2 amide bonds. The monoisotopic (exact) mass is 341 g/mol. The van der Waals surface area contributed by atoms with Gasteiger partial charge in [-0.2, -0.15) is 0 Å². The summed E-state index contributed by atoms with van der Waals surface area (Å²) in [6, 6.07) is -0.218. The molecule has 6 nitrogen and oxygen atoms in total. The average Bonchev–Trinajstić information content (AvgIpc) is 2.50. The largest absolute Gasteiger partial charge is 0.379 e. The number of nitrogens with zero attached hydrogens (tertiary/aromatic N) is 1. The Hall–Kier alpha value is -1.14. The third-order valence-electron chi connectivity index (χ3n) is 4.24. The van der Waals surface area contributed by atoms with Gasteiger partial charge in [0.15, 0.2) is 0 Å². The van der Waals surface area contributed by atoms with Gasteiger partial charge in [0.05, 0.1) is 13.2 Å². The minimum absolute atomic E-state index is 0.114. The number of hydrogen-bond donors (Lipinski definition) is 2. The molecule has 0 spiro atoms. The maximum atomic E-state index is 12.3. The summed E-state index contributed by atoms with van der Waals surface area (Å²) >= 11 is 0. The lowest BCUT2D eigenvalue weighted by Gasteiger charge is -2.35. The summed E-state index contributed by atoms with van der Waals surface area (Å²) in [5.74, 6) is 0.319. The van der Waals surface area contributed by atoms with E-state index in [2.05, 4.69) is 29.4 Å². The maximum Gasteiger partial charge on any atom is 0.242 e. The highest BCUT2D eigenvalue weighted by atomic mass is 16.5. The van der Waals surface area contributed by atoms with E-state index in [1.54, 1.807) is 6.92 Å². The highest BCUT2D eigenvalue weighted by Gasteiger charge is 2.26. The molecule has 0 aliphatic carbocycles. The van der Waals surface area contributed by atoms with Gasteiger partial charge in [0.2, 0.25) is 11.8 Å². The summed E-state index contributed by atoms with van der Waals surface area (Å²) < 4.78 is 5.42. The van der Waals surface area contributed by atoms with Gasteiger partial charge < -0.3 is 15.4 Å². The zero-order chi connectivity index (χ0) is 18.3. The van der Waals surface area contributed by atoms with Gasteiger partial charge in [0, 0.05) is 31.1 Å². The number of carbonyl (C=O) groups is 2. The minimum atomic E-state index is -0.527. The van der Waals surface area contributed by atoms with Crippen LogP contribution in [0.3, 0.4) is 0 Å². The molecule has 0 radical (unpaired) electrons. The van der Waals surface area contributed by atoms with Gasteiger partial charge in [-0.25, -0.2) is 0 Å². The van der Waals surface area contributed by atoms with Crippen molar-refractivity contribution in [3.05, 3.63) is 0 Å². The van der Waals surface area contributed by atoms with Crippen LogP contribution in [0.15, 0.2) is 0 Å². The number of hydrogen-bond acceptors (Lipinski definition) is 4. The molecule has 2 unspecified atom stereocenters. The fourth-order valence-corrected chi connectivity index (χ4v) is 2.70. The lowest BCUT2D eigenvalue weighted by Crippen LogP contribution is -2.53. The van der Waals surface area contributed by atoms with Gasteiger partial charge in [0.25, 0.3) is 0 Å². The van der Waals surface area contributed by atoms with Crippen LogP contribution in [0.4, 0.5) is 0 Å². The Morgan fingerprint density at radius 2 is 1.71 bits per heavy atom. The third kappa shape index (κ3) is 7.18. The summed E-state index contributed by atoms with van der Waals surface area (Å²) in [5.41, 5.74) is -0.498. The smallest absolute Gasteiger partial charge is 0.242 e. The SMILES string of the molecule is CC(C)CC(CNC(=O)C(C)NC(=O)C(C)(C)C)N1CCOCC1. The van der Waals surface area contributed by atoms with Crippen molar-refractivity contribution in [1.29, 1.82) is 0 Å². The number of rotatable bonds is 7. The van der Waals surface area contributed by atoms with Crippen molar-refractivity contribution in [2.24, 2.45) is 11.3 Å². The summed E-state index contributed by atoms with van der Waals surface area (Å²) in [5, 5.41) is 5.78. The summed E-state index contributed by atoms with van der Waals surface area (Å²) in [7, 11) is 0. The predicted molar refractivity (Wildman–Crippen MR) is 95.7 cm³/mol. The molecule has 1 rings (SSSR count). The van der Waals surface area contributed by atoms with E-state index in [0.29, 0.717) is 18.5 Å². The van der Waals surface area contributed by atoms with Gasteiger partial charge >= 0.3 is 0 Å². The zero-order valence-corrected chi connectivity index (χ0v) is 16.1. The molecule has 1 saturated heterocycles. The molecule has 140 valence electrons. The quantitative estimate of drug-likeness (QED) is 0.734. The van der Waals surface area contributed by atoms with Gasteiger partial charge in [-0.3, -0.25) is 14.5 Å². The highest BCUT2D eigenvalue weighted by Crippen LogP contribution is 2.14. The van der Waals surface area contributed by atoms with Crippen molar-refractivity contribution in [2.45, 2.75) is 60.0 Å². The van der Waals surface area contributed by atoms with E-state index in [1.165, 1.54) is 0 Å². The van der Waals surface area contributed by atoms with Crippen molar-refractivity contribution in [3.8, 4) is 0 Å². The Labute approximate surface area is 146 Å². The zero-order valence-electron chi connectivity index (χ0n) is 16.1. The number of nitrogens with one attached hydrogen (secondary N) is 2. The van der Waals surface area contributed by atoms with Crippen LogP contribution >= 0.6 is 0 Å². The van der Waals surface area contributed by atoms with Crippen LogP contribution in [0.2, 0.25) is 0 Å². The normalized spacial score (nSPS) is 19.0. The van der Waals surface area contributed by atoms with Crippen molar-refractivity contribution in [3.63, 3.8) is 0 Å². The topological polar surface area (TPSA) is 70.7 Å². The molecule has 0 bridgehead atoms. The third-order valence-corrected chi connectivity index (χ3v) is 4.24. The maximum absolute atomic E-state index is 12.3. The number of carbonyl (C=O) groups excluding carboxylic acids is 2. The van der Waals surface area contributed by atoms with Gasteiger partial charge in [-0.15, -0.1) is 0 Å². The minimum Gasteiger partial charge on any atom is -0.379 e. The molecular formula is C18H35N3O3. The molecule has 0 saturated carbocycles. The summed E-state index contributed by atoms with van der Waals surface area (Å²) in [6.45, 7) is 15.5. The van der Waals surface area contributed by atoms with Gasteiger partial charge in [-0.1, -0.05) is 34.6 Å². The van der Waals surface area contributed by atoms with E-state index in [9.17, 15) is 9.59 Å². The summed E-state index contributed by atoms with van der Waals surface area (Å²) in [4.78, 5) is 26.7. The van der Waals surface area contributed by atoms with E-state index in [0.717, 1.165) is 32.7 Å². The fraction of sp³-hybridized carbons (Fsp3) is 0.889. The van der Waals surface area contributed by atoms with E-state index >= 15 is 0 Å². The van der Waals surface area contributed by atoms with Gasteiger partial charge in [0.1, 0.15) is 6.04 Å². The van der Waals surface area contributed by atoms with Crippen LogP contribution < -0.4 is 10.6 Å². The Bertz CT molecular complexity index is 412. The van der Waals surface area contributed by atoms with E-state index in [1.807, 2.05) is 20.8 Å². The number of morpholine rings is 1. The first-order chi connectivity index (χ1) is 11.1. The summed E-state index contributed by atoms with van der Waals surface area (Å²) in [6.07, 6.45) is 1.03. The van der Waals surface area contributed by atoms with Crippen molar-refractivity contribution in [1.82, 2.24) is 15.5 Å². The van der Waals surface area contributed by atoms with Gasteiger partial charge in [-0.05, 0) is 19.3 Å². The van der Waals surface area contributed by atoms with Crippen molar-refractivity contribution < 1.29 is 14.3 Å². The fourth-order valence-electron chi connectivity index (χ4n) is 2.70. The molecule has 2 atom stereocenters. The average molecular weight is 341 g/mol. The number of ether oxygens (including phenoxy) is 1. The highest BCUT2D eigenvalue weighted by molar-refractivity contribution is 5.89. The molecule has 1 aliphatic rings. The number of amides is 2. The van der Waals surface area contributed by atoms with Crippen molar-refractivity contribution in [2.75, 3.05) is 32.8 Å². The standard InChI is InChI=1S/C18H35N3O3/c1-13(2)11-15(21-7-9-24-10-8-21)12-19-16(22)14(3)20-17(23)18(4,5)6/h13-15H,7-12H2,1-6H3,(H,19,22)(H,20,23). The molecular weight excluding hydrogens is 306 g/mol. The molecule has 1 heterocycles.